The second-order valence-electron chi connectivity index (χ2n) is 6.11. The topological polar surface area (TPSA) is 84.7 Å². The molecule has 1 saturated heterocycles. The summed E-state index contributed by atoms with van der Waals surface area (Å²) in [7, 11) is -1.58. The van der Waals surface area contributed by atoms with Crippen LogP contribution in [0, 0.1) is 0 Å². The lowest BCUT2D eigenvalue weighted by molar-refractivity contribution is -0.129. The van der Waals surface area contributed by atoms with Crippen molar-refractivity contribution in [1.82, 2.24) is 18.8 Å². The molecular formula is C17H22N4O4S2. The summed E-state index contributed by atoms with van der Waals surface area (Å²) in [6.45, 7) is 1.52. The van der Waals surface area contributed by atoms with E-state index in [-0.39, 0.29) is 11.7 Å². The maximum absolute atomic E-state index is 12.5. The Labute approximate surface area is 163 Å². The Morgan fingerprint density at radius 2 is 1.85 bits per heavy atom. The van der Waals surface area contributed by atoms with Crippen LogP contribution in [-0.4, -0.2) is 78.4 Å². The number of rotatable bonds is 6. The number of hydrogen-bond donors (Lipinski definition) is 0. The summed E-state index contributed by atoms with van der Waals surface area (Å²) in [5.41, 5.74) is 0.935. The minimum Gasteiger partial charge on any atom is -0.497 e. The van der Waals surface area contributed by atoms with E-state index in [1.54, 1.807) is 18.2 Å². The molecule has 2 aromatic rings. The normalized spacial score (nSPS) is 15.7. The summed E-state index contributed by atoms with van der Waals surface area (Å²) in [4.78, 5) is 18.5. The van der Waals surface area contributed by atoms with E-state index in [9.17, 15) is 13.2 Å². The predicted octanol–water partition coefficient (Wildman–Crippen LogP) is 1.08. The zero-order chi connectivity index (χ0) is 19.4. The first-order chi connectivity index (χ1) is 12.9. The molecule has 0 bridgehead atoms. The van der Waals surface area contributed by atoms with Gasteiger partial charge in [-0.3, -0.25) is 9.36 Å². The molecule has 1 amide bonds. The first-order valence-corrected chi connectivity index (χ1v) is 11.3. The van der Waals surface area contributed by atoms with Gasteiger partial charge in [0.15, 0.2) is 5.16 Å². The van der Waals surface area contributed by atoms with Crippen LogP contribution >= 0.6 is 11.8 Å². The van der Waals surface area contributed by atoms with Crippen molar-refractivity contribution in [3.63, 3.8) is 0 Å². The third-order valence-corrected chi connectivity index (χ3v) is 6.60. The highest BCUT2D eigenvalue weighted by Gasteiger charge is 2.26. The molecule has 2 heterocycles. The minimum atomic E-state index is -3.20. The first kappa shape index (κ1) is 19.7. The summed E-state index contributed by atoms with van der Waals surface area (Å²) in [5, 5.41) is 0.725. The van der Waals surface area contributed by atoms with Crippen LogP contribution in [0.5, 0.6) is 5.75 Å². The van der Waals surface area contributed by atoms with Gasteiger partial charge in [-0.15, -0.1) is 0 Å². The lowest BCUT2D eigenvalue weighted by Crippen LogP contribution is -2.50. The zero-order valence-electron chi connectivity index (χ0n) is 15.2. The van der Waals surface area contributed by atoms with Crippen LogP contribution in [0.1, 0.15) is 0 Å². The fourth-order valence-electron chi connectivity index (χ4n) is 2.82. The number of carbonyl (C=O) groups is 1. The fourth-order valence-corrected chi connectivity index (χ4v) is 4.53. The average Bonchev–Trinajstić information content (AvgIpc) is 3.14. The molecule has 146 valence electrons. The van der Waals surface area contributed by atoms with Crippen molar-refractivity contribution in [2.75, 3.05) is 45.3 Å². The molecule has 0 aliphatic carbocycles. The van der Waals surface area contributed by atoms with Crippen LogP contribution in [0.25, 0.3) is 5.69 Å². The molecule has 1 aromatic carbocycles. The number of amides is 1. The number of ether oxygens (including phenoxy) is 1. The molecule has 1 aromatic heterocycles. The van der Waals surface area contributed by atoms with Crippen molar-refractivity contribution in [2.45, 2.75) is 5.16 Å². The van der Waals surface area contributed by atoms with Gasteiger partial charge in [0, 0.05) is 44.3 Å². The fraction of sp³-hybridized carbons (Fsp3) is 0.412. The monoisotopic (exact) mass is 410 g/mol. The van der Waals surface area contributed by atoms with Crippen molar-refractivity contribution in [3.05, 3.63) is 36.7 Å². The lowest BCUT2D eigenvalue weighted by Gasteiger charge is -2.33. The van der Waals surface area contributed by atoms with Crippen molar-refractivity contribution in [1.29, 1.82) is 0 Å². The van der Waals surface area contributed by atoms with E-state index in [1.165, 1.54) is 22.3 Å². The molecule has 10 heteroatoms. The Hall–Kier alpha value is -2.04. The Morgan fingerprint density at radius 3 is 2.44 bits per heavy atom. The number of imidazole rings is 1. The van der Waals surface area contributed by atoms with Gasteiger partial charge in [0.1, 0.15) is 5.75 Å². The van der Waals surface area contributed by atoms with Gasteiger partial charge in [0.25, 0.3) is 0 Å². The number of carbonyl (C=O) groups excluding carboxylic acids is 1. The van der Waals surface area contributed by atoms with Crippen LogP contribution in [0.15, 0.2) is 41.8 Å². The van der Waals surface area contributed by atoms with Gasteiger partial charge in [-0.05, 0) is 24.3 Å². The molecule has 0 saturated carbocycles. The van der Waals surface area contributed by atoms with Crippen LogP contribution in [0.4, 0.5) is 0 Å². The number of benzene rings is 1. The number of nitrogens with zero attached hydrogens (tertiary/aromatic N) is 4. The number of sulfonamides is 1. The Bertz CT molecular complexity index is 888. The van der Waals surface area contributed by atoms with Gasteiger partial charge in [-0.1, -0.05) is 11.8 Å². The summed E-state index contributed by atoms with van der Waals surface area (Å²) in [6, 6.07) is 7.60. The van der Waals surface area contributed by atoms with E-state index in [0.717, 1.165) is 16.6 Å². The quantitative estimate of drug-likeness (QED) is 0.663. The smallest absolute Gasteiger partial charge is 0.233 e. The third-order valence-electron chi connectivity index (χ3n) is 4.34. The molecule has 1 aliphatic rings. The van der Waals surface area contributed by atoms with Crippen molar-refractivity contribution >= 4 is 27.7 Å². The van der Waals surface area contributed by atoms with E-state index in [4.69, 9.17) is 4.74 Å². The number of methoxy groups -OCH3 is 1. The van der Waals surface area contributed by atoms with Crippen LogP contribution in [0.3, 0.4) is 0 Å². The highest BCUT2D eigenvalue weighted by atomic mass is 32.2. The maximum Gasteiger partial charge on any atom is 0.233 e. The molecule has 27 heavy (non-hydrogen) atoms. The number of aromatic nitrogens is 2. The van der Waals surface area contributed by atoms with E-state index >= 15 is 0 Å². The van der Waals surface area contributed by atoms with Crippen molar-refractivity contribution in [3.8, 4) is 11.4 Å². The molecule has 1 fully saturated rings. The molecule has 0 spiro atoms. The van der Waals surface area contributed by atoms with Crippen LogP contribution in [-0.2, 0) is 14.8 Å². The summed E-state index contributed by atoms with van der Waals surface area (Å²) in [5.74, 6) is 1.01. The number of hydrogen-bond acceptors (Lipinski definition) is 6. The van der Waals surface area contributed by atoms with Crippen LogP contribution in [0.2, 0.25) is 0 Å². The molecule has 1 aliphatic heterocycles. The molecule has 0 unspecified atom stereocenters. The molecule has 3 rings (SSSR count). The molecule has 0 radical (unpaired) electrons. The lowest BCUT2D eigenvalue weighted by atomic mass is 10.3. The first-order valence-electron chi connectivity index (χ1n) is 8.42. The van der Waals surface area contributed by atoms with E-state index in [1.807, 2.05) is 35.0 Å². The van der Waals surface area contributed by atoms with Crippen LogP contribution < -0.4 is 4.74 Å². The molecule has 0 N–H and O–H groups in total. The van der Waals surface area contributed by atoms with Gasteiger partial charge in [0.05, 0.1) is 19.1 Å². The highest BCUT2D eigenvalue weighted by molar-refractivity contribution is 7.99. The maximum atomic E-state index is 12.5. The van der Waals surface area contributed by atoms with Crippen molar-refractivity contribution < 1.29 is 17.9 Å². The Balaban J connectivity index is 1.58. The van der Waals surface area contributed by atoms with E-state index < -0.39 is 10.0 Å². The standard InChI is InChI=1S/C17H22N4O4S2/c1-25-15-5-3-14(4-6-15)21-8-7-18-17(21)26-13-16(22)19-9-11-20(12-10-19)27(2,23)24/h3-8H,9-13H2,1-2H3. The summed E-state index contributed by atoms with van der Waals surface area (Å²) < 4.78 is 31.6. The molecular weight excluding hydrogens is 388 g/mol. The minimum absolute atomic E-state index is 0.0163. The summed E-state index contributed by atoms with van der Waals surface area (Å²) >= 11 is 1.36. The van der Waals surface area contributed by atoms with Crippen molar-refractivity contribution in [2.24, 2.45) is 0 Å². The Morgan fingerprint density at radius 1 is 1.19 bits per heavy atom. The number of thioether (sulfide) groups is 1. The third kappa shape index (κ3) is 4.82. The predicted molar refractivity (Wildman–Crippen MR) is 104 cm³/mol. The second kappa shape index (κ2) is 8.32. The molecule has 8 nitrogen and oxygen atoms in total. The van der Waals surface area contributed by atoms with Gasteiger partial charge >= 0.3 is 0 Å². The van der Waals surface area contributed by atoms with E-state index in [2.05, 4.69) is 4.98 Å². The Kier molecular flexibility index (Phi) is 6.08. The van der Waals surface area contributed by atoms with Gasteiger partial charge in [-0.25, -0.2) is 13.4 Å². The van der Waals surface area contributed by atoms with Gasteiger partial charge in [-0.2, -0.15) is 4.31 Å². The second-order valence-corrected chi connectivity index (χ2v) is 9.03. The SMILES string of the molecule is COc1ccc(-n2ccnc2SCC(=O)N2CCN(S(C)(=O)=O)CC2)cc1. The highest BCUT2D eigenvalue weighted by Crippen LogP contribution is 2.22. The number of piperazine rings is 1. The van der Waals surface area contributed by atoms with Gasteiger partial charge in [0.2, 0.25) is 15.9 Å². The largest absolute Gasteiger partial charge is 0.497 e. The van der Waals surface area contributed by atoms with E-state index in [0.29, 0.717) is 26.2 Å². The summed E-state index contributed by atoms with van der Waals surface area (Å²) in [6.07, 6.45) is 4.74. The average molecular weight is 411 g/mol. The zero-order valence-corrected chi connectivity index (χ0v) is 16.9. The van der Waals surface area contributed by atoms with Gasteiger partial charge < -0.3 is 9.64 Å². The molecule has 0 atom stereocenters.